The first-order chi connectivity index (χ1) is 12.2. The predicted molar refractivity (Wildman–Crippen MR) is 99.0 cm³/mol. The second kappa shape index (κ2) is 7.86. The van der Waals surface area contributed by atoms with Crippen molar-refractivity contribution < 1.29 is 19.2 Å². The molecule has 0 aliphatic heterocycles. The van der Waals surface area contributed by atoms with E-state index in [2.05, 4.69) is 5.32 Å². The summed E-state index contributed by atoms with van der Waals surface area (Å²) < 4.78 is 10.5. The first-order valence-corrected chi connectivity index (χ1v) is 8.10. The summed E-state index contributed by atoms with van der Waals surface area (Å²) in [6.07, 6.45) is -0.915. The highest BCUT2D eigenvalue weighted by molar-refractivity contribution is 5.95. The lowest BCUT2D eigenvalue weighted by Crippen LogP contribution is -2.30. The summed E-state index contributed by atoms with van der Waals surface area (Å²) in [4.78, 5) is 23.1. The molecule has 0 aliphatic carbocycles. The summed E-state index contributed by atoms with van der Waals surface area (Å²) in [6, 6.07) is 8.17. The first-order valence-electron chi connectivity index (χ1n) is 8.10. The zero-order chi connectivity index (χ0) is 19.4. The Hall–Kier alpha value is -3.09. The zero-order valence-electron chi connectivity index (χ0n) is 15.5. The van der Waals surface area contributed by atoms with Crippen LogP contribution in [0.4, 0.5) is 11.4 Å². The van der Waals surface area contributed by atoms with E-state index in [-0.39, 0.29) is 17.3 Å². The van der Waals surface area contributed by atoms with Crippen molar-refractivity contribution in [3.8, 4) is 11.5 Å². The number of benzene rings is 2. The van der Waals surface area contributed by atoms with Crippen molar-refractivity contribution in [1.29, 1.82) is 0 Å². The normalized spacial score (nSPS) is 11.6. The monoisotopic (exact) mass is 358 g/mol. The Balaban J connectivity index is 2.19. The van der Waals surface area contributed by atoms with Gasteiger partial charge in [0.05, 0.1) is 18.1 Å². The minimum absolute atomic E-state index is 0.0100. The van der Waals surface area contributed by atoms with Gasteiger partial charge in [0.25, 0.3) is 5.91 Å². The van der Waals surface area contributed by atoms with Crippen LogP contribution in [0, 0.1) is 30.9 Å². The van der Waals surface area contributed by atoms with Gasteiger partial charge in [0.1, 0.15) is 5.75 Å². The molecule has 0 unspecified atom stereocenters. The Morgan fingerprint density at radius 3 is 2.31 bits per heavy atom. The van der Waals surface area contributed by atoms with Crippen LogP contribution in [0.1, 0.15) is 23.6 Å². The average molecular weight is 358 g/mol. The largest absolute Gasteiger partial charge is 0.496 e. The van der Waals surface area contributed by atoms with Gasteiger partial charge in [-0.1, -0.05) is 17.7 Å². The Bertz CT molecular complexity index is 825. The quantitative estimate of drug-likeness (QED) is 0.624. The standard InChI is InChI=1S/C19H22N2O5/c1-11-8-12(2)18(13(3)9-11)20-19(22)14(4)26-17-7-6-15(25-5)10-16(17)21(23)24/h6-10,14H,1-5H3,(H,20,22)/t14-/m0/s1. The molecule has 138 valence electrons. The molecule has 0 radical (unpaired) electrons. The van der Waals surface area contributed by atoms with E-state index in [0.717, 1.165) is 22.4 Å². The fourth-order valence-electron chi connectivity index (χ4n) is 2.71. The van der Waals surface area contributed by atoms with E-state index in [4.69, 9.17) is 9.47 Å². The summed E-state index contributed by atoms with van der Waals surface area (Å²) in [5.74, 6) is -0.0342. The number of anilines is 1. The number of hydrogen-bond acceptors (Lipinski definition) is 5. The minimum Gasteiger partial charge on any atom is -0.496 e. The van der Waals surface area contributed by atoms with Gasteiger partial charge in [0.2, 0.25) is 0 Å². The molecule has 26 heavy (non-hydrogen) atoms. The number of nitrogens with zero attached hydrogens (tertiary/aromatic N) is 1. The number of methoxy groups -OCH3 is 1. The lowest BCUT2D eigenvalue weighted by molar-refractivity contribution is -0.386. The maximum atomic E-state index is 12.5. The molecule has 0 bridgehead atoms. The summed E-state index contributed by atoms with van der Waals surface area (Å²) in [5.41, 5.74) is 3.46. The van der Waals surface area contributed by atoms with Crippen molar-refractivity contribution in [2.75, 3.05) is 12.4 Å². The maximum Gasteiger partial charge on any atom is 0.314 e. The van der Waals surface area contributed by atoms with Crippen LogP contribution in [-0.2, 0) is 4.79 Å². The smallest absolute Gasteiger partial charge is 0.314 e. The molecule has 0 saturated heterocycles. The highest BCUT2D eigenvalue weighted by atomic mass is 16.6. The Labute approximate surface area is 152 Å². The zero-order valence-corrected chi connectivity index (χ0v) is 15.5. The number of nitrogens with one attached hydrogen (secondary N) is 1. The molecule has 2 aromatic rings. The number of aryl methyl sites for hydroxylation is 3. The number of amides is 1. The second-order valence-electron chi connectivity index (χ2n) is 6.11. The van der Waals surface area contributed by atoms with E-state index in [1.807, 2.05) is 32.9 Å². The first kappa shape index (κ1) is 19.2. The lowest BCUT2D eigenvalue weighted by atomic mass is 10.0. The van der Waals surface area contributed by atoms with Crippen LogP contribution in [0.3, 0.4) is 0 Å². The fraction of sp³-hybridized carbons (Fsp3) is 0.316. The van der Waals surface area contributed by atoms with Crippen LogP contribution in [0.15, 0.2) is 30.3 Å². The van der Waals surface area contributed by atoms with Gasteiger partial charge in [-0.15, -0.1) is 0 Å². The molecule has 0 spiro atoms. The average Bonchev–Trinajstić information content (AvgIpc) is 2.57. The number of carbonyl (C=O) groups is 1. The number of nitro benzene ring substituents is 1. The topological polar surface area (TPSA) is 90.7 Å². The number of ether oxygens (including phenoxy) is 2. The Morgan fingerprint density at radius 2 is 1.77 bits per heavy atom. The van der Waals surface area contributed by atoms with Gasteiger partial charge >= 0.3 is 5.69 Å². The third-order valence-electron chi connectivity index (χ3n) is 3.96. The van der Waals surface area contributed by atoms with E-state index in [1.165, 1.54) is 19.2 Å². The van der Waals surface area contributed by atoms with Gasteiger partial charge in [0, 0.05) is 5.69 Å². The van der Waals surface area contributed by atoms with Gasteiger partial charge in [-0.05, 0) is 51.0 Å². The molecule has 0 saturated carbocycles. The third-order valence-corrected chi connectivity index (χ3v) is 3.96. The molecule has 0 aliphatic rings. The third kappa shape index (κ3) is 4.30. The number of nitro groups is 1. The molecule has 7 nitrogen and oxygen atoms in total. The molecule has 0 aromatic heterocycles. The molecule has 0 fully saturated rings. The number of hydrogen-bond donors (Lipinski definition) is 1. The van der Waals surface area contributed by atoms with E-state index in [9.17, 15) is 14.9 Å². The van der Waals surface area contributed by atoms with Crippen molar-refractivity contribution in [2.24, 2.45) is 0 Å². The summed E-state index contributed by atoms with van der Waals surface area (Å²) in [6.45, 7) is 7.35. The molecule has 1 N–H and O–H groups in total. The summed E-state index contributed by atoms with van der Waals surface area (Å²) in [7, 11) is 1.42. The SMILES string of the molecule is COc1ccc(O[C@@H](C)C(=O)Nc2c(C)cc(C)cc2C)c([N+](=O)[O-])c1. The predicted octanol–water partition coefficient (Wildman–Crippen LogP) is 3.93. The maximum absolute atomic E-state index is 12.5. The van der Waals surface area contributed by atoms with Gasteiger partial charge in [0.15, 0.2) is 11.9 Å². The molecule has 1 atom stereocenters. The van der Waals surface area contributed by atoms with Crippen LogP contribution < -0.4 is 14.8 Å². The number of rotatable bonds is 6. The number of carbonyl (C=O) groups excluding carboxylic acids is 1. The molecule has 7 heteroatoms. The molecule has 0 heterocycles. The van der Waals surface area contributed by atoms with Gasteiger partial charge < -0.3 is 14.8 Å². The van der Waals surface area contributed by atoms with Crippen molar-refractivity contribution in [3.63, 3.8) is 0 Å². The van der Waals surface area contributed by atoms with Crippen LogP contribution in [0.25, 0.3) is 0 Å². The van der Waals surface area contributed by atoms with Crippen LogP contribution in [0.5, 0.6) is 11.5 Å². The van der Waals surface area contributed by atoms with Gasteiger partial charge in [-0.2, -0.15) is 0 Å². The van der Waals surface area contributed by atoms with Crippen LogP contribution in [-0.4, -0.2) is 24.0 Å². The Kier molecular flexibility index (Phi) is 5.82. The van der Waals surface area contributed by atoms with Gasteiger partial charge in [-0.25, -0.2) is 0 Å². The van der Waals surface area contributed by atoms with E-state index in [0.29, 0.717) is 5.75 Å². The van der Waals surface area contributed by atoms with Crippen molar-refractivity contribution in [3.05, 3.63) is 57.1 Å². The second-order valence-corrected chi connectivity index (χ2v) is 6.11. The van der Waals surface area contributed by atoms with E-state index >= 15 is 0 Å². The van der Waals surface area contributed by atoms with Crippen molar-refractivity contribution >= 4 is 17.3 Å². The van der Waals surface area contributed by atoms with Crippen LogP contribution >= 0.6 is 0 Å². The minimum atomic E-state index is -0.915. The Morgan fingerprint density at radius 1 is 1.15 bits per heavy atom. The fourth-order valence-corrected chi connectivity index (χ4v) is 2.71. The van der Waals surface area contributed by atoms with Gasteiger partial charge in [-0.3, -0.25) is 14.9 Å². The highest BCUT2D eigenvalue weighted by Crippen LogP contribution is 2.32. The molecular formula is C19H22N2O5. The van der Waals surface area contributed by atoms with Crippen molar-refractivity contribution in [1.82, 2.24) is 0 Å². The lowest BCUT2D eigenvalue weighted by Gasteiger charge is -2.17. The highest BCUT2D eigenvalue weighted by Gasteiger charge is 2.22. The summed E-state index contributed by atoms with van der Waals surface area (Å²) in [5, 5.41) is 14.1. The molecule has 2 aromatic carbocycles. The van der Waals surface area contributed by atoms with Crippen LogP contribution in [0.2, 0.25) is 0 Å². The molecule has 2 rings (SSSR count). The van der Waals surface area contributed by atoms with Crippen molar-refractivity contribution in [2.45, 2.75) is 33.8 Å². The summed E-state index contributed by atoms with van der Waals surface area (Å²) >= 11 is 0. The van der Waals surface area contributed by atoms with E-state index < -0.39 is 11.0 Å². The molecule has 1 amide bonds. The van der Waals surface area contributed by atoms with E-state index in [1.54, 1.807) is 13.0 Å². The molecular weight excluding hydrogens is 336 g/mol.